The van der Waals surface area contributed by atoms with Gasteiger partial charge in [-0.2, -0.15) is 0 Å². The molecule has 1 heterocycles. The number of carbonyl (C=O) groups is 3. The van der Waals surface area contributed by atoms with Gasteiger partial charge < -0.3 is 33.6 Å². The Hall–Kier alpha value is -2.57. The van der Waals surface area contributed by atoms with E-state index < -0.39 is 84.7 Å². The molecule has 0 amide bonds. The zero-order valence-corrected chi connectivity index (χ0v) is 29.7. The van der Waals surface area contributed by atoms with Crippen LogP contribution < -0.4 is 0 Å². The number of carbonyl (C=O) groups excluding carboxylic acids is 3. The zero-order valence-electron chi connectivity index (χ0n) is 28.7. The highest BCUT2D eigenvalue weighted by Gasteiger charge is 2.77. The number of ether oxygens (including phenoxy) is 4. The van der Waals surface area contributed by atoms with E-state index in [4.69, 9.17) is 23.4 Å². The molecule has 0 spiro atoms. The molecule has 0 aromatic heterocycles. The summed E-state index contributed by atoms with van der Waals surface area (Å²) in [5.41, 5.74) is -4.03. The van der Waals surface area contributed by atoms with E-state index in [0.717, 1.165) is 5.57 Å². The van der Waals surface area contributed by atoms with Crippen LogP contribution in [0.1, 0.15) is 71.7 Å². The highest BCUT2D eigenvalue weighted by Crippen LogP contribution is 2.66. The van der Waals surface area contributed by atoms with Crippen molar-refractivity contribution in [3.8, 4) is 0 Å². The molecule has 10 nitrogen and oxygen atoms in total. The smallest absolute Gasteiger partial charge is 0.338 e. The fraction of sp³-hybridized carbons (Fsp3) is 0.686. The number of hydrogen-bond acceptors (Lipinski definition) is 10. The van der Waals surface area contributed by atoms with Crippen LogP contribution in [0.25, 0.3) is 0 Å². The minimum Gasteiger partial charge on any atom is -0.455 e. The van der Waals surface area contributed by atoms with Crippen molar-refractivity contribution in [3.05, 3.63) is 47.0 Å². The fourth-order valence-electron chi connectivity index (χ4n) is 9.00. The maximum absolute atomic E-state index is 14.0. The average molecular weight is 659 g/mol. The predicted molar refractivity (Wildman–Crippen MR) is 171 cm³/mol. The average Bonchev–Trinajstić information content (AvgIpc) is 2.94. The molecule has 4 aliphatic rings. The van der Waals surface area contributed by atoms with Crippen molar-refractivity contribution in [2.75, 3.05) is 6.61 Å². The molecule has 1 aromatic rings. The van der Waals surface area contributed by atoms with Crippen LogP contribution in [-0.4, -0.2) is 84.8 Å². The zero-order chi connectivity index (χ0) is 34.2. The van der Waals surface area contributed by atoms with Gasteiger partial charge >= 0.3 is 17.9 Å². The lowest BCUT2D eigenvalue weighted by molar-refractivity contribution is -0.358. The molecule has 2 N–H and O–H groups in total. The van der Waals surface area contributed by atoms with Gasteiger partial charge in [0.25, 0.3) is 0 Å². The van der Waals surface area contributed by atoms with Crippen LogP contribution in [0.3, 0.4) is 0 Å². The highest BCUT2D eigenvalue weighted by atomic mass is 28.4. The lowest BCUT2D eigenvalue weighted by Crippen LogP contribution is -2.81. The summed E-state index contributed by atoms with van der Waals surface area (Å²) < 4.78 is 31.5. The maximum atomic E-state index is 14.0. The van der Waals surface area contributed by atoms with Gasteiger partial charge in [-0.15, -0.1) is 0 Å². The topological polar surface area (TPSA) is 138 Å². The molecule has 1 aliphatic heterocycles. The van der Waals surface area contributed by atoms with E-state index in [1.54, 1.807) is 30.3 Å². The molecule has 3 aliphatic carbocycles. The van der Waals surface area contributed by atoms with Gasteiger partial charge in [-0.1, -0.05) is 45.9 Å². The summed E-state index contributed by atoms with van der Waals surface area (Å²) in [5, 5.41) is 26.2. The molecular weight excluding hydrogens is 608 g/mol. The van der Waals surface area contributed by atoms with Gasteiger partial charge in [-0.3, -0.25) is 9.59 Å². The standard InChI is InChI=1S/C35H50O10Si/c1-19-16-25-34(18-41-25,44-22(4)37)28-30(43-31(39)23-14-12-11-13-15-23)35(40)17-24(45-46(8,9)10)20(2)26(32(35,5)6)27(42-21(3)36)29(38)33(19,28)7/h11-15,19,24-25,27-30,38,40H,16-18H2,1-10H3/t19-,24-,25+,27+,28?,29+,30-,33+,34-,35+/m0/s1. The lowest BCUT2D eigenvalue weighted by atomic mass is 9.43. The molecule has 2 saturated carbocycles. The Kier molecular flexibility index (Phi) is 8.72. The Bertz CT molecular complexity index is 1420. The predicted octanol–water partition coefficient (Wildman–Crippen LogP) is 4.58. The lowest BCUT2D eigenvalue weighted by Gasteiger charge is -2.69. The molecule has 1 saturated heterocycles. The molecule has 46 heavy (non-hydrogen) atoms. The maximum Gasteiger partial charge on any atom is 0.338 e. The van der Waals surface area contributed by atoms with Crippen LogP contribution >= 0.6 is 0 Å². The fourth-order valence-corrected chi connectivity index (χ4v) is 10.1. The van der Waals surface area contributed by atoms with Gasteiger partial charge in [0.05, 0.1) is 24.2 Å². The van der Waals surface area contributed by atoms with Crippen LogP contribution in [-0.2, 0) is 33.0 Å². The first-order valence-corrected chi connectivity index (χ1v) is 19.7. The molecule has 2 bridgehead atoms. The number of rotatable bonds is 6. The van der Waals surface area contributed by atoms with Crippen molar-refractivity contribution < 1.29 is 48.0 Å². The number of aliphatic hydroxyl groups excluding tert-OH is 1. The minimum atomic E-state index is -2.24. The van der Waals surface area contributed by atoms with Crippen LogP contribution in [0, 0.1) is 22.7 Å². The van der Waals surface area contributed by atoms with E-state index in [9.17, 15) is 24.6 Å². The molecule has 254 valence electrons. The third-order valence-electron chi connectivity index (χ3n) is 11.4. The molecule has 10 atom stereocenters. The van der Waals surface area contributed by atoms with Crippen LogP contribution in [0.5, 0.6) is 0 Å². The van der Waals surface area contributed by atoms with Crippen molar-refractivity contribution in [2.24, 2.45) is 22.7 Å². The molecule has 3 fully saturated rings. The summed E-state index contributed by atoms with van der Waals surface area (Å²) in [4.78, 5) is 39.6. The summed E-state index contributed by atoms with van der Waals surface area (Å²) in [6.45, 7) is 18.1. The van der Waals surface area contributed by atoms with Gasteiger partial charge in [0.15, 0.2) is 20.0 Å². The quantitative estimate of drug-likeness (QED) is 0.193. The Morgan fingerprint density at radius 1 is 1.00 bits per heavy atom. The summed E-state index contributed by atoms with van der Waals surface area (Å²) >= 11 is 0. The van der Waals surface area contributed by atoms with E-state index in [-0.39, 0.29) is 24.5 Å². The second-order valence-electron chi connectivity index (χ2n) is 15.6. The number of benzene rings is 1. The monoisotopic (exact) mass is 658 g/mol. The van der Waals surface area contributed by atoms with Gasteiger partial charge in [0, 0.05) is 31.1 Å². The summed E-state index contributed by atoms with van der Waals surface area (Å²) in [6, 6.07) is 8.53. The third-order valence-corrected chi connectivity index (χ3v) is 12.4. The van der Waals surface area contributed by atoms with E-state index in [0.29, 0.717) is 12.0 Å². The van der Waals surface area contributed by atoms with E-state index in [1.807, 2.05) is 54.3 Å². The Balaban J connectivity index is 1.86. The molecular formula is C35H50O10Si. The number of hydrogen-bond donors (Lipinski definition) is 2. The summed E-state index contributed by atoms with van der Waals surface area (Å²) in [6.07, 6.45) is -4.55. The molecule has 5 rings (SSSR count). The molecule has 11 heteroatoms. The third kappa shape index (κ3) is 5.26. The molecule has 1 aromatic carbocycles. The van der Waals surface area contributed by atoms with Gasteiger partial charge in [-0.25, -0.2) is 4.79 Å². The van der Waals surface area contributed by atoms with E-state index in [2.05, 4.69) is 0 Å². The summed E-state index contributed by atoms with van der Waals surface area (Å²) in [7, 11) is -2.24. The van der Waals surface area contributed by atoms with Crippen LogP contribution in [0.2, 0.25) is 19.6 Å². The van der Waals surface area contributed by atoms with Gasteiger partial charge in [-0.05, 0) is 62.2 Å². The summed E-state index contributed by atoms with van der Waals surface area (Å²) in [5.74, 6) is -3.08. The number of aliphatic hydroxyl groups is 2. The Morgan fingerprint density at radius 3 is 2.15 bits per heavy atom. The van der Waals surface area contributed by atoms with Crippen molar-refractivity contribution in [3.63, 3.8) is 0 Å². The second-order valence-corrected chi connectivity index (χ2v) is 20.0. The van der Waals surface area contributed by atoms with Crippen molar-refractivity contribution in [1.29, 1.82) is 0 Å². The Morgan fingerprint density at radius 2 is 1.63 bits per heavy atom. The van der Waals surface area contributed by atoms with Crippen LogP contribution in [0.4, 0.5) is 0 Å². The van der Waals surface area contributed by atoms with Crippen molar-refractivity contribution in [1.82, 2.24) is 0 Å². The van der Waals surface area contributed by atoms with Gasteiger partial charge in [0.2, 0.25) is 0 Å². The first-order valence-electron chi connectivity index (χ1n) is 16.2. The largest absolute Gasteiger partial charge is 0.455 e. The van der Waals surface area contributed by atoms with E-state index >= 15 is 0 Å². The SMILES string of the molecule is CC(=O)O[C@@H]1C2=C(C)[C@@H](O[Si](C)(C)C)C[C@@](O)([C@@H](OC(=O)c3ccccc3)C3[C@](C)([C@@H]1O)[C@@H](C)C[C@H]1OC[C@@]31OC(C)=O)C2(C)C. The first kappa shape index (κ1) is 34.8. The normalized spacial score (nSPS) is 39.9. The minimum absolute atomic E-state index is 0.0123. The van der Waals surface area contributed by atoms with E-state index in [1.165, 1.54) is 13.8 Å². The molecule has 1 unspecified atom stereocenters. The van der Waals surface area contributed by atoms with Crippen molar-refractivity contribution >= 4 is 26.2 Å². The van der Waals surface area contributed by atoms with Crippen molar-refractivity contribution in [2.45, 2.75) is 123 Å². The highest BCUT2D eigenvalue weighted by molar-refractivity contribution is 6.69. The number of fused-ring (bicyclic) bond motifs is 5. The first-order chi connectivity index (χ1) is 21.2. The second kappa shape index (κ2) is 11.5. The van der Waals surface area contributed by atoms with Crippen LogP contribution in [0.15, 0.2) is 41.5 Å². The Labute approximate surface area is 272 Å². The van der Waals surface area contributed by atoms with Gasteiger partial charge in [0.1, 0.15) is 23.9 Å². The molecule has 0 radical (unpaired) electrons. The number of esters is 3.